The predicted octanol–water partition coefficient (Wildman–Crippen LogP) is 4.46. The lowest BCUT2D eigenvalue weighted by atomic mass is 10.0. The first-order chi connectivity index (χ1) is 9.72. The number of hydrogen-bond acceptors (Lipinski definition) is 3. The van der Waals surface area contributed by atoms with Crippen molar-refractivity contribution >= 4 is 22.1 Å². The van der Waals surface area contributed by atoms with E-state index in [4.69, 9.17) is 0 Å². The number of rotatable bonds is 4. The van der Waals surface area contributed by atoms with Gasteiger partial charge in [-0.2, -0.15) is 0 Å². The quantitative estimate of drug-likeness (QED) is 0.764. The predicted molar refractivity (Wildman–Crippen MR) is 86.1 cm³/mol. The van der Waals surface area contributed by atoms with Gasteiger partial charge in [0.2, 0.25) is 0 Å². The van der Waals surface area contributed by atoms with Crippen molar-refractivity contribution in [2.24, 2.45) is 0 Å². The topological polar surface area (TPSA) is 24.9 Å². The normalized spacial score (nSPS) is 12.7. The monoisotopic (exact) mass is 282 g/mol. The second-order valence-corrected chi connectivity index (χ2v) is 6.13. The van der Waals surface area contributed by atoms with E-state index >= 15 is 0 Å². The van der Waals surface area contributed by atoms with Crippen LogP contribution >= 0.6 is 11.3 Å². The van der Waals surface area contributed by atoms with Gasteiger partial charge in [0.1, 0.15) is 0 Å². The fourth-order valence-corrected chi connectivity index (χ4v) is 2.95. The Balaban J connectivity index is 1.73. The molecule has 1 aromatic heterocycles. The third-order valence-corrected chi connectivity index (χ3v) is 4.35. The second-order valence-electron chi connectivity index (χ2n) is 5.07. The fourth-order valence-electron chi connectivity index (χ4n) is 2.34. The van der Waals surface area contributed by atoms with Crippen molar-refractivity contribution in [3.8, 4) is 0 Å². The molecule has 102 valence electrons. The zero-order valence-electron chi connectivity index (χ0n) is 11.8. The summed E-state index contributed by atoms with van der Waals surface area (Å²) in [6, 6.07) is 15.4. The summed E-state index contributed by atoms with van der Waals surface area (Å²) in [4.78, 5) is 4.48. The molecule has 2 aromatic carbocycles. The van der Waals surface area contributed by atoms with Gasteiger partial charge in [0.05, 0.1) is 10.7 Å². The average molecular weight is 282 g/mol. The standard InChI is InChI=1S/C17H18N2S/c1-12(18-10-17-11-20-13(2)19-17)15-8-7-14-5-3-4-6-16(14)9-15/h3-9,11-12,18H,10H2,1-2H3. The minimum atomic E-state index is 0.321. The summed E-state index contributed by atoms with van der Waals surface area (Å²) in [6.45, 7) is 5.06. The number of aromatic nitrogens is 1. The van der Waals surface area contributed by atoms with E-state index in [2.05, 4.69) is 65.1 Å². The van der Waals surface area contributed by atoms with Gasteiger partial charge in [-0.15, -0.1) is 11.3 Å². The van der Waals surface area contributed by atoms with Crippen LogP contribution in [0.5, 0.6) is 0 Å². The Morgan fingerprint density at radius 3 is 2.70 bits per heavy atom. The van der Waals surface area contributed by atoms with E-state index < -0.39 is 0 Å². The highest BCUT2D eigenvalue weighted by Crippen LogP contribution is 2.20. The molecule has 3 rings (SSSR count). The van der Waals surface area contributed by atoms with Crippen LogP contribution in [0.25, 0.3) is 10.8 Å². The molecular weight excluding hydrogens is 264 g/mol. The third kappa shape index (κ3) is 2.89. The van der Waals surface area contributed by atoms with E-state index in [1.807, 2.05) is 6.92 Å². The highest BCUT2D eigenvalue weighted by atomic mass is 32.1. The van der Waals surface area contributed by atoms with Crippen molar-refractivity contribution in [2.75, 3.05) is 0 Å². The zero-order chi connectivity index (χ0) is 13.9. The van der Waals surface area contributed by atoms with Crippen LogP contribution in [0.15, 0.2) is 47.8 Å². The van der Waals surface area contributed by atoms with Crippen molar-refractivity contribution in [3.63, 3.8) is 0 Å². The van der Waals surface area contributed by atoms with Crippen LogP contribution in [0.4, 0.5) is 0 Å². The number of hydrogen-bond donors (Lipinski definition) is 1. The van der Waals surface area contributed by atoms with Gasteiger partial charge < -0.3 is 5.32 Å². The number of thiazole rings is 1. The minimum absolute atomic E-state index is 0.321. The van der Waals surface area contributed by atoms with Gasteiger partial charge in [0.15, 0.2) is 0 Å². The number of aryl methyl sites for hydroxylation is 1. The molecule has 0 saturated carbocycles. The van der Waals surface area contributed by atoms with Crippen LogP contribution in [0.1, 0.15) is 29.2 Å². The van der Waals surface area contributed by atoms with Crippen molar-refractivity contribution < 1.29 is 0 Å². The molecule has 0 fully saturated rings. The third-order valence-electron chi connectivity index (χ3n) is 3.53. The molecule has 0 amide bonds. The average Bonchev–Trinajstić information content (AvgIpc) is 2.90. The van der Waals surface area contributed by atoms with Crippen molar-refractivity contribution in [1.29, 1.82) is 0 Å². The van der Waals surface area contributed by atoms with E-state index in [1.165, 1.54) is 16.3 Å². The molecule has 3 heteroatoms. The molecular formula is C17H18N2S. The van der Waals surface area contributed by atoms with Gasteiger partial charge >= 0.3 is 0 Å². The Morgan fingerprint density at radius 1 is 1.15 bits per heavy atom. The maximum atomic E-state index is 4.48. The first-order valence-electron chi connectivity index (χ1n) is 6.85. The van der Waals surface area contributed by atoms with Crippen LogP contribution in [-0.4, -0.2) is 4.98 Å². The van der Waals surface area contributed by atoms with E-state index in [9.17, 15) is 0 Å². The van der Waals surface area contributed by atoms with Crippen molar-refractivity contribution in [1.82, 2.24) is 10.3 Å². The Labute approximate surface area is 123 Å². The summed E-state index contributed by atoms with van der Waals surface area (Å²) in [5, 5.41) is 9.37. The molecule has 0 aliphatic rings. The molecule has 1 N–H and O–H groups in total. The highest BCUT2D eigenvalue weighted by molar-refractivity contribution is 7.09. The highest BCUT2D eigenvalue weighted by Gasteiger charge is 2.06. The molecule has 3 aromatic rings. The molecule has 2 nitrogen and oxygen atoms in total. The van der Waals surface area contributed by atoms with Crippen molar-refractivity contribution in [3.05, 3.63) is 64.1 Å². The molecule has 0 spiro atoms. The van der Waals surface area contributed by atoms with Crippen LogP contribution in [0.2, 0.25) is 0 Å². The molecule has 1 heterocycles. The summed E-state index contributed by atoms with van der Waals surface area (Å²) < 4.78 is 0. The van der Waals surface area contributed by atoms with Gasteiger partial charge in [0, 0.05) is 18.0 Å². The second kappa shape index (κ2) is 5.73. The van der Waals surface area contributed by atoms with E-state index in [-0.39, 0.29) is 0 Å². The molecule has 1 unspecified atom stereocenters. The maximum Gasteiger partial charge on any atom is 0.0897 e. The van der Waals surface area contributed by atoms with E-state index in [0.29, 0.717) is 6.04 Å². The number of benzene rings is 2. The van der Waals surface area contributed by atoms with E-state index in [0.717, 1.165) is 17.2 Å². The summed E-state index contributed by atoms with van der Waals surface area (Å²) in [5.74, 6) is 0. The lowest BCUT2D eigenvalue weighted by Gasteiger charge is -2.14. The Bertz CT molecular complexity index is 718. The van der Waals surface area contributed by atoms with E-state index in [1.54, 1.807) is 11.3 Å². The molecule has 0 saturated heterocycles. The lowest BCUT2D eigenvalue weighted by molar-refractivity contribution is 0.569. The van der Waals surface area contributed by atoms with Gasteiger partial charge in [-0.1, -0.05) is 36.4 Å². The molecule has 0 aliphatic carbocycles. The van der Waals surface area contributed by atoms with Gasteiger partial charge in [0.25, 0.3) is 0 Å². The first kappa shape index (κ1) is 13.3. The molecule has 0 aliphatic heterocycles. The number of nitrogens with one attached hydrogen (secondary N) is 1. The Morgan fingerprint density at radius 2 is 1.95 bits per heavy atom. The zero-order valence-corrected chi connectivity index (χ0v) is 12.6. The van der Waals surface area contributed by atoms with Crippen LogP contribution in [0.3, 0.4) is 0 Å². The van der Waals surface area contributed by atoms with Crippen LogP contribution in [-0.2, 0) is 6.54 Å². The van der Waals surface area contributed by atoms with Crippen molar-refractivity contribution in [2.45, 2.75) is 26.4 Å². The summed E-state index contributed by atoms with van der Waals surface area (Å²) in [6.07, 6.45) is 0. The molecule has 1 atom stereocenters. The fraction of sp³-hybridized carbons (Fsp3) is 0.235. The lowest BCUT2D eigenvalue weighted by Crippen LogP contribution is -2.18. The van der Waals surface area contributed by atoms with Gasteiger partial charge in [-0.3, -0.25) is 0 Å². The van der Waals surface area contributed by atoms with Crippen LogP contribution < -0.4 is 5.32 Å². The van der Waals surface area contributed by atoms with Gasteiger partial charge in [-0.05, 0) is 36.2 Å². The first-order valence-corrected chi connectivity index (χ1v) is 7.73. The molecule has 20 heavy (non-hydrogen) atoms. The largest absolute Gasteiger partial charge is 0.305 e. The van der Waals surface area contributed by atoms with Crippen LogP contribution in [0, 0.1) is 6.92 Å². The smallest absolute Gasteiger partial charge is 0.0897 e. The Hall–Kier alpha value is -1.71. The maximum absolute atomic E-state index is 4.48. The molecule has 0 bridgehead atoms. The number of nitrogens with zero attached hydrogens (tertiary/aromatic N) is 1. The summed E-state index contributed by atoms with van der Waals surface area (Å²) >= 11 is 1.70. The summed E-state index contributed by atoms with van der Waals surface area (Å²) in [7, 11) is 0. The number of fused-ring (bicyclic) bond motifs is 1. The Kier molecular flexibility index (Phi) is 3.81. The molecule has 0 radical (unpaired) electrons. The SMILES string of the molecule is Cc1nc(CNC(C)c2ccc3ccccc3c2)cs1. The summed E-state index contributed by atoms with van der Waals surface area (Å²) in [5.41, 5.74) is 2.44. The van der Waals surface area contributed by atoms with Gasteiger partial charge in [-0.25, -0.2) is 4.98 Å². The minimum Gasteiger partial charge on any atom is -0.305 e.